The third-order valence-electron chi connectivity index (χ3n) is 2.37. The van der Waals surface area contributed by atoms with Crippen molar-refractivity contribution in [3.63, 3.8) is 0 Å². The molecule has 0 aliphatic carbocycles. The van der Waals surface area contributed by atoms with Gasteiger partial charge in [0.2, 0.25) is 0 Å². The standard InChI is InChI=1S/C10H15NO4S/c12-9(13)7-8(10(14)15)1-2-11-3-5-16-6-4-11/h7H,1-6H2,(H,12,13)(H,14,15)/b8-7+. The minimum atomic E-state index is -1.20. The maximum absolute atomic E-state index is 10.8. The van der Waals surface area contributed by atoms with Crippen LogP contribution in [0.25, 0.3) is 0 Å². The van der Waals surface area contributed by atoms with Crippen LogP contribution in [0, 0.1) is 0 Å². The molecule has 90 valence electrons. The molecule has 0 aromatic carbocycles. The van der Waals surface area contributed by atoms with E-state index in [1.54, 1.807) is 0 Å². The number of aliphatic carboxylic acids is 2. The highest BCUT2D eigenvalue weighted by atomic mass is 32.2. The van der Waals surface area contributed by atoms with Gasteiger partial charge in [-0.25, -0.2) is 9.59 Å². The lowest BCUT2D eigenvalue weighted by Gasteiger charge is -2.25. The van der Waals surface area contributed by atoms with Crippen LogP contribution in [0.2, 0.25) is 0 Å². The Balaban J connectivity index is 2.43. The first kappa shape index (κ1) is 13.1. The summed E-state index contributed by atoms with van der Waals surface area (Å²) < 4.78 is 0. The number of carbonyl (C=O) groups is 2. The van der Waals surface area contributed by atoms with Crippen molar-refractivity contribution in [2.45, 2.75) is 6.42 Å². The molecule has 5 nitrogen and oxygen atoms in total. The predicted octanol–water partition coefficient (Wildman–Crippen LogP) is 0.521. The summed E-state index contributed by atoms with van der Waals surface area (Å²) in [5.41, 5.74) is -0.0364. The van der Waals surface area contributed by atoms with Crippen LogP contribution in [0.5, 0.6) is 0 Å². The molecule has 0 radical (unpaired) electrons. The second-order valence-electron chi connectivity index (χ2n) is 3.52. The molecule has 1 saturated heterocycles. The van der Waals surface area contributed by atoms with E-state index >= 15 is 0 Å². The number of hydrogen-bond acceptors (Lipinski definition) is 4. The van der Waals surface area contributed by atoms with Gasteiger partial charge in [0.25, 0.3) is 0 Å². The Morgan fingerprint density at radius 2 is 1.88 bits per heavy atom. The summed E-state index contributed by atoms with van der Waals surface area (Å²) in [7, 11) is 0. The fourth-order valence-corrected chi connectivity index (χ4v) is 2.47. The van der Waals surface area contributed by atoms with Crippen molar-refractivity contribution >= 4 is 23.7 Å². The molecule has 1 rings (SSSR count). The van der Waals surface area contributed by atoms with Gasteiger partial charge >= 0.3 is 11.9 Å². The Labute approximate surface area is 98.1 Å². The summed E-state index contributed by atoms with van der Waals surface area (Å²) in [6.07, 6.45) is 1.06. The van der Waals surface area contributed by atoms with E-state index in [1.807, 2.05) is 11.8 Å². The zero-order valence-corrected chi connectivity index (χ0v) is 9.70. The van der Waals surface area contributed by atoms with Gasteiger partial charge in [-0.2, -0.15) is 11.8 Å². The van der Waals surface area contributed by atoms with E-state index in [9.17, 15) is 9.59 Å². The number of thioether (sulfide) groups is 1. The highest BCUT2D eigenvalue weighted by molar-refractivity contribution is 7.99. The lowest BCUT2D eigenvalue weighted by atomic mass is 10.1. The van der Waals surface area contributed by atoms with Gasteiger partial charge in [0.05, 0.1) is 0 Å². The first-order valence-electron chi connectivity index (χ1n) is 5.06. The normalized spacial score (nSPS) is 18.4. The fourth-order valence-electron chi connectivity index (χ4n) is 1.49. The average Bonchev–Trinajstić information content (AvgIpc) is 2.25. The second kappa shape index (κ2) is 6.55. The minimum Gasteiger partial charge on any atom is -0.478 e. The predicted molar refractivity (Wildman–Crippen MR) is 61.7 cm³/mol. The van der Waals surface area contributed by atoms with E-state index in [4.69, 9.17) is 10.2 Å². The zero-order chi connectivity index (χ0) is 12.0. The molecule has 1 aliphatic rings. The lowest BCUT2D eigenvalue weighted by Crippen LogP contribution is -2.33. The van der Waals surface area contributed by atoms with Crippen molar-refractivity contribution in [2.75, 3.05) is 31.1 Å². The Kier molecular flexibility index (Phi) is 5.34. The summed E-state index contributed by atoms with van der Waals surface area (Å²) in [5.74, 6) is -0.226. The summed E-state index contributed by atoms with van der Waals surface area (Å²) in [5, 5.41) is 17.3. The number of nitrogens with zero attached hydrogens (tertiary/aromatic N) is 1. The van der Waals surface area contributed by atoms with Crippen LogP contribution in [-0.4, -0.2) is 58.2 Å². The Morgan fingerprint density at radius 1 is 1.25 bits per heavy atom. The molecule has 0 amide bonds. The Hall–Kier alpha value is -1.01. The molecule has 1 aliphatic heterocycles. The van der Waals surface area contributed by atoms with Crippen LogP contribution < -0.4 is 0 Å². The quantitative estimate of drug-likeness (QED) is 0.688. The third-order valence-corrected chi connectivity index (χ3v) is 3.32. The fraction of sp³-hybridized carbons (Fsp3) is 0.600. The van der Waals surface area contributed by atoms with Crippen LogP contribution in [0.3, 0.4) is 0 Å². The van der Waals surface area contributed by atoms with Crippen LogP contribution in [0.4, 0.5) is 0 Å². The number of hydrogen-bond donors (Lipinski definition) is 2. The minimum absolute atomic E-state index is 0.0364. The summed E-state index contributed by atoms with van der Waals surface area (Å²) in [6.45, 7) is 2.52. The molecule has 1 fully saturated rings. The van der Waals surface area contributed by atoms with Gasteiger partial charge in [-0.15, -0.1) is 0 Å². The molecule has 16 heavy (non-hydrogen) atoms. The molecule has 0 aromatic heterocycles. The topological polar surface area (TPSA) is 77.8 Å². The summed E-state index contributed by atoms with van der Waals surface area (Å²) in [6, 6.07) is 0. The molecular weight excluding hydrogens is 230 g/mol. The molecule has 2 N–H and O–H groups in total. The molecular formula is C10H15NO4S. The SMILES string of the molecule is O=C(O)/C=C(\CCN1CCSCC1)C(=O)O. The van der Waals surface area contributed by atoms with Crippen molar-refractivity contribution < 1.29 is 19.8 Å². The molecule has 0 aromatic rings. The Morgan fingerprint density at radius 3 is 2.38 bits per heavy atom. The maximum atomic E-state index is 10.8. The second-order valence-corrected chi connectivity index (χ2v) is 4.74. The van der Waals surface area contributed by atoms with E-state index in [1.165, 1.54) is 0 Å². The van der Waals surface area contributed by atoms with Crippen molar-refractivity contribution in [1.82, 2.24) is 4.90 Å². The Bertz CT molecular complexity index is 297. The van der Waals surface area contributed by atoms with Gasteiger partial charge in [-0.3, -0.25) is 0 Å². The monoisotopic (exact) mass is 245 g/mol. The smallest absolute Gasteiger partial charge is 0.331 e. The third kappa shape index (κ3) is 4.67. The van der Waals surface area contributed by atoms with Gasteiger partial charge in [-0.05, 0) is 6.42 Å². The first-order valence-corrected chi connectivity index (χ1v) is 6.22. The number of carboxylic acids is 2. The van der Waals surface area contributed by atoms with E-state index in [2.05, 4.69) is 4.90 Å². The van der Waals surface area contributed by atoms with Gasteiger partial charge in [0, 0.05) is 42.8 Å². The molecule has 0 bridgehead atoms. The summed E-state index contributed by atoms with van der Waals surface area (Å²) >= 11 is 1.88. The van der Waals surface area contributed by atoms with Gasteiger partial charge in [-0.1, -0.05) is 0 Å². The van der Waals surface area contributed by atoms with Gasteiger partial charge in [0.15, 0.2) is 0 Å². The molecule has 0 spiro atoms. The highest BCUT2D eigenvalue weighted by Gasteiger charge is 2.14. The van der Waals surface area contributed by atoms with E-state index < -0.39 is 11.9 Å². The molecule has 1 heterocycles. The van der Waals surface area contributed by atoms with Crippen molar-refractivity contribution in [2.24, 2.45) is 0 Å². The van der Waals surface area contributed by atoms with Crippen molar-refractivity contribution in [3.05, 3.63) is 11.6 Å². The zero-order valence-electron chi connectivity index (χ0n) is 8.89. The molecule has 0 unspecified atom stereocenters. The van der Waals surface area contributed by atoms with Crippen molar-refractivity contribution in [1.29, 1.82) is 0 Å². The van der Waals surface area contributed by atoms with E-state index in [-0.39, 0.29) is 12.0 Å². The molecule has 0 atom stereocenters. The first-order chi connectivity index (χ1) is 7.59. The van der Waals surface area contributed by atoms with Crippen LogP contribution in [-0.2, 0) is 9.59 Å². The van der Waals surface area contributed by atoms with Gasteiger partial charge in [0.1, 0.15) is 0 Å². The summed E-state index contributed by atoms with van der Waals surface area (Å²) in [4.78, 5) is 23.3. The lowest BCUT2D eigenvalue weighted by molar-refractivity contribution is -0.135. The maximum Gasteiger partial charge on any atom is 0.331 e. The highest BCUT2D eigenvalue weighted by Crippen LogP contribution is 2.11. The van der Waals surface area contributed by atoms with Crippen molar-refractivity contribution in [3.8, 4) is 0 Å². The largest absolute Gasteiger partial charge is 0.478 e. The van der Waals surface area contributed by atoms with E-state index in [0.29, 0.717) is 6.54 Å². The van der Waals surface area contributed by atoms with E-state index in [0.717, 1.165) is 30.7 Å². The molecule has 6 heteroatoms. The number of rotatable bonds is 5. The number of carboxylic acid groups (broad SMARTS) is 2. The van der Waals surface area contributed by atoms with Crippen LogP contribution in [0.1, 0.15) is 6.42 Å². The molecule has 0 saturated carbocycles. The van der Waals surface area contributed by atoms with Crippen LogP contribution >= 0.6 is 11.8 Å². The average molecular weight is 245 g/mol. The van der Waals surface area contributed by atoms with Gasteiger partial charge < -0.3 is 15.1 Å². The van der Waals surface area contributed by atoms with Crippen LogP contribution in [0.15, 0.2) is 11.6 Å².